The highest BCUT2D eigenvalue weighted by atomic mass is 79.9. The third kappa shape index (κ3) is 3.28. The lowest BCUT2D eigenvalue weighted by Gasteiger charge is -2.31. The van der Waals surface area contributed by atoms with E-state index in [1.165, 1.54) is 0 Å². The molecule has 0 saturated carbocycles. The van der Waals surface area contributed by atoms with Gasteiger partial charge >= 0.3 is 5.97 Å². The fourth-order valence-corrected chi connectivity index (χ4v) is 2.95. The van der Waals surface area contributed by atoms with Gasteiger partial charge in [0.25, 0.3) is 5.91 Å². The first-order valence-electron chi connectivity index (χ1n) is 5.96. The van der Waals surface area contributed by atoms with Gasteiger partial charge < -0.3 is 10.0 Å². The average Bonchev–Trinajstić information content (AvgIpc) is 2.38. The number of nitrogens with zero attached hydrogens (tertiary/aromatic N) is 1. The van der Waals surface area contributed by atoms with Crippen molar-refractivity contribution in [1.82, 2.24) is 4.90 Å². The molecule has 0 bridgehead atoms. The van der Waals surface area contributed by atoms with E-state index in [-0.39, 0.29) is 12.5 Å². The van der Waals surface area contributed by atoms with Crippen LogP contribution < -0.4 is 0 Å². The largest absolute Gasteiger partial charge is 0.481 e. The molecule has 1 aromatic rings. The number of benzene rings is 1. The van der Waals surface area contributed by atoms with Gasteiger partial charge in [0.05, 0.1) is 16.5 Å². The molecule has 4 nitrogen and oxygen atoms in total. The Morgan fingerprint density at radius 1 is 1.42 bits per heavy atom. The maximum atomic E-state index is 12.3. The maximum absolute atomic E-state index is 12.3. The number of hydrogen-bond donors (Lipinski definition) is 1. The SMILES string of the molecule is O=C(O)[C@H]1CCCN(C(=O)c2ccc(Br)cc2Cl)C1. The summed E-state index contributed by atoms with van der Waals surface area (Å²) in [5, 5.41) is 9.40. The van der Waals surface area contributed by atoms with Crippen LogP contribution in [0.1, 0.15) is 23.2 Å². The minimum absolute atomic E-state index is 0.205. The number of hydrogen-bond acceptors (Lipinski definition) is 2. The molecule has 1 aromatic carbocycles. The highest BCUT2D eigenvalue weighted by Crippen LogP contribution is 2.25. The lowest BCUT2D eigenvalue weighted by atomic mass is 9.97. The molecule has 6 heteroatoms. The summed E-state index contributed by atoms with van der Waals surface area (Å²) in [6.45, 7) is 0.829. The van der Waals surface area contributed by atoms with Gasteiger partial charge in [0, 0.05) is 17.6 Å². The zero-order valence-corrected chi connectivity index (χ0v) is 12.4. The quantitative estimate of drug-likeness (QED) is 0.895. The monoisotopic (exact) mass is 345 g/mol. The zero-order valence-electron chi connectivity index (χ0n) is 10.1. The van der Waals surface area contributed by atoms with Crippen molar-refractivity contribution in [2.75, 3.05) is 13.1 Å². The van der Waals surface area contributed by atoms with Crippen LogP contribution >= 0.6 is 27.5 Å². The zero-order chi connectivity index (χ0) is 14.0. The Balaban J connectivity index is 2.17. The highest BCUT2D eigenvalue weighted by molar-refractivity contribution is 9.10. The number of aliphatic carboxylic acids is 1. The molecule has 1 amide bonds. The van der Waals surface area contributed by atoms with E-state index in [1.54, 1.807) is 23.1 Å². The summed E-state index contributed by atoms with van der Waals surface area (Å²) in [5.41, 5.74) is 0.413. The molecular formula is C13H13BrClNO3. The Labute approximate surface area is 124 Å². The fourth-order valence-electron chi connectivity index (χ4n) is 2.20. The number of rotatable bonds is 2. The van der Waals surface area contributed by atoms with Crippen LogP contribution in [0.5, 0.6) is 0 Å². The molecule has 0 aromatic heterocycles. The van der Waals surface area contributed by atoms with Crippen molar-refractivity contribution in [3.8, 4) is 0 Å². The molecule has 0 radical (unpaired) electrons. The van der Waals surface area contributed by atoms with Gasteiger partial charge in [-0.15, -0.1) is 0 Å². The number of amides is 1. The second-order valence-electron chi connectivity index (χ2n) is 4.55. The van der Waals surface area contributed by atoms with Gasteiger partial charge in [0.2, 0.25) is 0 Å². The van der Waals surface area contributed by atoms with Crippen LogP contribution in [0.2, 0.25) is 5.02 Å². The third-order valence-corrected chi connectivity index (χ3v) is 4.03. The summed E-state index contributed by atoms with van der Waals surface area (Å²) < 4.78 is 0.802. The molecule has 1 N–H and O–H groups in total. The molecule has 1 aliphatic rings. The van der Waals surface area contributed by atoms with Crippen LogP contribution in [0.15, 0.2) is 22.7 Å². The van der Waals surface area contributed by atoms with E-state index < -0.39 is 11.9 Å². The molecule has 2 rings (SSSR count). The lowest BCUT2D eigenvalue weighted by Crippen LogP contribution is -2.42. The third-order valence-electron chi connectivity index (χ3n) is 3.22. The Kier molecular flexibility index (Phi) is 4.47. The summed E-state index contributed by atoms with van der Waals surface area (Å²) in [5.74, 6) is -1.53. The molecule has 1 atom stereocenters. The van der Waals surface area contributed by atoms with Crippen molar-refractivity contribution < 1.29 is 14.7 Å². The van der Waals surface area contributed by atoms with Gasteiger partial charge in [-0.25, -0.2) is 0 Å². The Bertz CT molecular complexity index is 521. The Morgan fingerprint density at radius 2 is 2.16 bits per heavy atom. The van der Waals surface area contributed by atoms with Crippen LogP contribution in [0, 0.1) is 5.92 Å². The molecule has 0 aliphatic carbocycles. The van der Waals surface area contributed by atoms with Gasteiger partial charge in [0.15, 0.2) is 0 Å². The van der Waals surface area contributed by atoms with E-state index in [2.05, 4.69) is 15.9 Å². The number of likely N-dealkylation sites (tertiary alicyclic amines) is 1. The minimum atomic E-state index is -0.848. The number of halogens is 2. The fraction of sp³-hybridized carbons (Fsp3) is 0.385. The number of piperidine rings is 1. The first kappa shape index (κ1) is 14.3. The second-order valence-corrected chi connectivity index (χ2v) is 5.88. The van der Waals surface area contributed by atoms with Crippen molar-refractivity contribution in [2.24, 2.45) is 5.92 Å². The van der Waals surface area contributed by atoms with E-state index in [9.17, 15) is 9.59 Å². The molecule has 1 aliphatic heterocycles. The maximum Gasteiger partial charge on any atom is 0.308 e. The Hall–Kier alpha value is -1.07. The van der Waals surface area contributed by atoms with Crippen molar-refractivity contribution in [3.05, 3.63) is 33.3 Å². The average molecular weight is 347 g/mol. The number of carboxylic acids is 1. The van der Waals surface area contributed by atoms with Gasteiger partial charge in [0.1, 0.15) is 0 Å². The van der Waals surface area contributed by atoms with Crippen molar-refractivity contribution in [2.45, 2.75) is 12.8 Å². The van der Waals surface area contributed by atoms with Gasteiger partial charge in [-0.3, -0.25) is 9.59 Å². The lowest BCUT2D eigenvalue weighted by molar-refractivity contribution is -0.143. The summed E-state index contributed by atoms with van der Waals surface area (Å²) in [7, 11) is 0. The predicted octanol–water partition coefficient (Wildman–Crippen LogP) is 3.04. The van der Waals surface area contributed by atoms with E-state index in [4.69, 9.17) is 16.7 Å². The van der Waals surface area contributed by atoms with Gasteiger partial charge in [-0.05, 0) is 31.0 Å². The smallest absolute Gasteiger partial charge is 0.308 e. The summed E-state index contributed by atoms with van der Waals surface area (Å²) in [4.78, 5) is 24.9. The highest BCUT2D eigenvalue weighted by Gasteiger charge is 2.29. The molecule has 19 heavy (non-hydrogen) atoms. The molecule has 0 unspecified atom stereocenters. The van der Waals surface area contributed by atoms with Gasteiger partial charge in [-0.2, -0.15) is 0 Å². The molecule has 0 spiro atoms. The van der Waals surface area contributed by atoms with E-state index >= 15 is 0 Å². The normalized spacial score (nSPS) is 19.3. The number of carbonyl (C=O) groups excluding carboxylic acids is 1. The molecule has 1 saturated heterocycles. The van der Waals surface area contributed by atoms with Crippen molar-refractivity contribution in [3.63, 3.8) is 0 Å². The molecule has 102 valence electrons. The van der Waals surface area contributed by atoms with E-state index in [0.29, 0.717) is 30.0 Å². The van der Waals surface area contributed by atoms with Gasteiger partial charge in [-0.1, -0.05) is 27.5 Å². The molecular weight excluding hydrogens is 334 g/mol. The number of carboxylic acid groups (broad SMARTS) is 1. The molecule has 1 fully saturated rings. The van der Waals surface area contributed by atoms with Crippen LogP contribution in [-0.4, -0.2) is 35.0 Å². The topological polar surface area (TPSA) is 57.6 Å². The van der Waals surface area contributed by atoms with E-state index in [0.717, 1.165) is 4.47 Å². The standard InChI is InChI=1S/C13H13BrClNO3/c14-9-3-4-10(11(15)6-9)12(17)16-5-1-2-8(7-16)13(18)19/h3-4,6,8H,1-2,5,7H2,(H,18,19)/t8-/m0/s1. The van der Waals surface area contributed by atoms with Crippen LogP contribution in [0.4, 0.5) is 0 Å². The van der Waals surface area contributed by atoms with Crippen LogP contribution in [-0.2, 0) is 4.79 Å². The first-order valence-corrected chi connectivity index (χ1v) is 7.13. The van der Waals surface area contributed by atoms with Crippen LogP contribution in [0.3, 0.4) is 0 Å². The molecule has 1 heterocycles. The Morgan fingerprint density at radius 3 is 2.79 bits per heavy atom. The first-order chi connectivity index (χ1) is 8.99. The van der Waals surface area contributed by atoms with E-state index in [1.807, 2.05) is 0 Å². The minimum Gasteiger partial charge on any atom is -0.481 e. The number of carbonyl (C=O) groups is 2. The van der Waals surface area contributed by atoms with Crippen LogP contribution in [0.25, 0.3) is 0 Å². The second kappa shape index (κ2) is 5.92. The summed E-state index contributed by atoms with van der Waals surface area (Å²) in [6, 6.07) is 5.06. The predicted molar refractivity (Wildman–Crippen MR) is 75.4 cm³/mol. The summed E-state index contributed by atoms with van der Waals surface area (Å²) >= 11 is 9.33. The van der Waals surface area contributed by atoms with Crippen molar-refractivity contribution >= 4 is 39.4 Å². The van der Waals surface area contributed by atoms with Crippen molar-refractivity contribution in [1.29, 1.82) is 0 Å². The summed E-state index contributed by atoms with van der Waals surface area (Å²) in [6.07, 6.45) is 1.32.